The molecule has 0 saturated heterocycles. The molecule has 0 spiro atoms. The zero-order chi connectivity index (χ0) is 16.5. The van der Waals surface area contributed by atoms with Crippen molar-refractivity contribution in [3.05, 3.63) is 35.0 Å². The van der Waals surface area contributed by atoms with Crippen molar-refractivity contribution in [1.29, 1.82) is 0 Å². The smallest absolute Gasteiger partial charge is 0.335 e. The van der Waals surface area contributed by atoms with Crippen molar-refractivity contribution < 1.29 is 9.90 Å². The summed E-state index contributed by atoms with van der Waals surface area (Å²) in [6.07, 6.45) is 5.42. The van der Waals surface area contributed by atoms with Crippen LogP contribution in [0.3, 0.4) is 0 Å². The van der Waals surface area contributed by atoms with E-state index in [1.165, 1.54) is 11.1 Å². The third-order valence-corrected chi connectivity index (χ3v) is 4.24. The number of aryl methyl sites for hydroxylation is 2. The second-order valence-electron chi connectivity index (χ2n) is 7.03. The van der Waals surface area contributed by atoms with Gasteiger partial charge in [0.05, 0.1) is 11.1 Å². The van der Waals surface area contributed by atoms with E-state index in [2.05, 4.69) is 45.4 Å². The van der Waals surface area contributed by atoms with E-state index in [4.69, 9.17) is 0 Å². The molecule has 1 aromatic carbocycles. The van der Waals surface area contributed by atoms with Crippen LogP contribution in [0.1, 0.15) is 68.9 Å². The van der Waals surface area contributed by atoms with Gasteiger partial charge in [0, 0.05) is 18.1 Å². The Kier molecular flexibility index (Phi) is 4.64. The van der Waals surface area contributed by atoms with Crippen LogP contribution in [-0.4, -0.2) is 15.6 Å². The number of unbranched alkanes of at least 4 members (excludes halogenated alkanes) is 1. The van der Waals surface area contributed by atoms with Crippen molar-refractivity contribution in [1.82, 2.24) is 4.57 Å². The molecule has 3 nitrogen and oxygen atoms in total. The molecule has 1 heterocycles. The SMILES string of the molecule is CCCCn1cc(CC)c2cc(C(=O)O)cc(C(C)(C)C)c21. The van der Waals surface area contributed by atoms with Crippen LogP contribution in [0.25, 0.3) is 10.9 Å². The van der Waals surface area contributed by atoms with Gasteiger partial charge >= 0.3 is 5.97 Å². The quantitative estimate of drug-likeness (QED) is 0.844. The number of hydrogen-bond donors (Lipinski definition) is 1. The van der Waals surface area contributed by atoms with Crippen molar-refractivity contribution >= 4 is 16.9 Å². The maximum absolute atomic E-state index is 11.5. The van der Waals surface area contributed by atoms with Crippen molar-refractivity contribution in [3.63, 3.8) is 0 Å². The molecule has 0 amide bonds. The molecule has 22 heavy (non-hydrogen) atoms. The van der Waals surface area contributed by atoms with Crippen molar-refractivity contribution in [3.8, 4) is 0 Å². The van der Waals surface area contributed by atoms with E-state index >= 15 is 0 Å². The largest absolute Gasteiger partial charge is 0.478 e. The van der Waals surface area contributed by atoms with E-state index in [1.54, 1.807) is 0 Å². The van der Waals surface area contributed by atoms with Gasteiger partial charge in [-0.25, -0.2) is 4.79 Å². The third kappa shape index (κ3) is 3.03. The van der Waals surface area contributed by atoms with E-state index < -0.39 is 5.97 Å². The summed E-state index contributed by atoms with van der Waals surface area (Å²) in [5, 5.41) is 10.5. The van der Waals surface area contributed by atoms with Gasteiger partial charge in [0.25, 0.3) is 0 Å². The number of rotatable bonds is 5. The minimum atomic E-state index is -0.851. The van der Waals surface area contributed by atoms with Crippen LogP contribution in [0, 0.1) is 0 Å². The van der Waals surface area contributed by atoms with Crippen LogP contribution < -0.4 is 0 Å². The highest BCUT2D eigenvalue weighted by atomic mass is 16.4. The maximum Gasteiger partial charge on any atom is 0.335 e. The number of nitrogens with zero attached hydrogens (tertiary/aromatic N) is 1. The van der Waals surface area contributed by atoms with Gasteiger partial charge in [-0.1, -0.05) is 41.0 Å². The van der Waals surface area contributed by atoms with Crippen molar-refractivity contribution in [2.24, 2.45) is 0 Å². The molecule has 0 aliphatic heterocycles. The Morgan fingerprint density at radius 1 is 1.23 bits per heavy atom. The first-order valence-corrected chi connectivity index (χ1v) is 8.19. The molecule has 0 aliphatic rings. The van der Waals surface area contributed by atoms with E-state index in [9.17, 15) is 9.90 Å². The molecular formula is C19H27NO2. The summed E-state index contributed by atoms with van der Waals surface area (Å²) in [5.74, 6) is -0.851. The predicted molar refractivity (Wildman–Crippen MR) is 91.9 cm³/mol. The molecule has 0 fully saturated rings. The molecule has 0 atom stereocenters. The number of carboxylic acids is 1. The molecule has 0 bridgehead atoms. The zero-order valence-electron chi connectivity index (χ0n) is 14.4. The summed E-state index contributed by atoms with van der Waals surface area (Å²) in [5.41, 5.74) is 3.87. The van der Waals surface area contributed by atoms with Gasteiger partial charge in [-0.2, -0.15) is 0 Å². The van der Waals surface area contributed by atoms with Gasteiger partial charge in [-0.15, -0.1) is 0 Å². The Bertz CT molecular complexity index is 690. The highest BCUT2D eigenvalue weighted by molar-refractivity contribution is 5.97. The van der Waals surface area contributed by atoms with Crippen LogP contribution in [-0.2, 0) is 18.4 Å². The molecule has 0 saturated carbocycles. The molecular weight excluding hydrogens is 274 g/mol. The van der Waals surface area contributed by atoms with Gasteiger partial charge in [0.15, 0.2) is 0 Å². The van der Waals surface area contributed by atoms with Gasteiger partial charge in [-0.3, -0.25) is 0 Å². The number of carbonyl (C=O) groups is 1. The first-order chi connectivity index (χ1) is 10.3. The fraction of sp³-hybridized carbons (Fsp3) is 0.526. The molecule has 2 rings (SSSR count). The molecule has 3 heteroatoms. The van der Waals surface area contributed by atoms with Gasteiger partial charge in [0.2, 0.25) is 0 Å². The fourth-order valence-electron chi connectivity index (χ4n) is 2.99. The Morgan fingerprint density at radius 3 is 2.41 bits per heavy atom. The van der Waals surface area contributed by atoms with Gasteiger partial charge < -0.3 is 9.67 Å². The number of aromatic nitrogens is 1. The van der Waals surface area contributed by atoms with E-state index in [-0.39, 0.29) is 5.41 Å². The van der Waals surface area contributed by atoms with Crippen molar-refractivity contribution in [2.45, 2.75) is 65.8 Å². The van der Waals surface area contributed by atoms with Crippen LogP contribution in [0.2, 0.25) is 0 Å². The molecule has 0 unspecified atom stereocenters. The van der Waals surface area contributed by atoms with Crippen molar-refractivity contribution in [2.75, 3.05) is 0 Å². The van der Waals surface area contributed by atoms with Crippen LogP contribution in [0.15, 0.2) is 18.3 Å². The molecule has 0 radical (unpaired) electrons. The molecule has 0 aliphatic carbocycles. The normalized spacial score (nSPS) is 12.0. The summed E-state index contributed by atoms with van der Waals surface area (Å²) >= 11 is 0. The second-order valence-corrected chi connectivity index (χ2v) is 7.03. The summed E-state index contributed by atoms with van der Waals surface area (Å²) in [6, 6.07) is 3.70. The summed E-state index contributed by atoms with van der Waals surface area (Å²) in [7, 11) is 0. The number of benzene rings is 1. The average Bonchev–Trinajstić information content (AvgIpc) is 2.80. The molecule has 120 valence electrons. The number of carboxylic acid groups (broad SMARTS) is 1. The monoisotopic (exact) mass is 301 g/mol. The summed E-state index contributed by atoms with van der Waals surface area (Å²) in [6.45, 7) is 11.8. The van der Waals surface area contributed by atoms with E-state index in [0.717, 1.165) is 36.8 Å². The Balaban J connectivity index is 2.81. The zero-order valence-corrected chi connectivity index (χ0v) is 14.4. The lowest BCUT2D eigenvalue weighted by Crippen LogP contribution is -2.15. The van der Waals surface area contributed by atoms with Gasteiger partial charge in [-0.05, 0) is 41.5 Å². The predicted octanol–water partition coefficient (Wildman–Crippen LogP) is 5.00. The topological polar surface area (TPSA) is 42.2 Å². The lowest BCUT2D eigenvalue weighted by Gasteiger charge is -2.22. The van der Waals surface area contributed by atoms with E-state index in [0.29, 0.717) is 5.56 Å². The lowest BCUT2D eigenvalue weighted by molar-refractivity contribution is 0.0697. The standard InChI is InChI=1S/C19H27NO2/c1-6-8-9-20-12-13(7-2)15-10-14(18(21)22)11-16(17(15)20)19(3,4)5/h10-12H,6-9H2,1-5H3,(H,21,22). The highest BCUT2D eigenvalue weighted by Gasteiger charge is 2.23. The number of fused-ring (bicyclic) bond motifs is 1. The molecule has 1 N–H and O–H groups in total. The lowest BCUT2D eigenvalue weighted by atomic mass is 9.84. The molecule has 1 aromatic heterocycles. The minimum Gasteiger partial charge on any atom is -0.478 e. The Labute approximate surface area is 133 Å². The first kappa shape index (κ1) is 16.6. The average molecular weight is 301 g/mol. The Morgan fingerprint density at radius 2 is 1.91 bits per heavy atom. The maximum atomic E-state index is 11.5. The second kappa shape index (κ2) is 6.15. The van der Waals surface area contributed by atoms with E-state index in [1.807, 2.05) is 12.1 Å². The van der Waals surface area contributed by atoms with Gasteiger partial charge in [0.1, 0.15) is 0 Å². The number of aromatic carboxylic acids is 1. The minimum absolute atomic E-state index is 0.0863. The first-order valence-electron chi connectivity index (χ1n) is 8.19. The summed E-state index contributed by atoms with van der Waals surface area (Å²) in [4.78, 5) is 11.5. The third-order valence-electron chi connectivity index (χ3n) is 4.24. The van der Waals surface area contributed by atoms with Crippen LogP contribution >= 0.6 is 0 Å². The molecule has 2 aromatic rings. The fourth-order valence-corrected chi connectivity index (χ4v) is 2.99. The van der Waals surface area contributed by atoms with Crippen LogP contribution in [0.4, 0.5) is 0 Å². The highest BCUT2D eigenvalue weighted by Crippen LogP contribution is 2.34. The summed E-state index contributed by atoms with van der Waals surface area (Å²) < 4.78 is 2.32. The van der Waals surface area contributed by atoms with Crippen LogP contribution in [0.5, 0.6) is 0 Å². The Hall–Kier alpha value is -1.77. The number of hydrogen-bond acceptors (Lipinski definition) is 1.